The molecule has 0 bridgehead atoms. The molecule has 1 saturated carbocycles. The van der Waals surface area contributed by atoms with Crippen LogP contribution in [0.4, 0.5) is 0 Å². The molecule has 0 aromatic carbocycles. The minimum atomic E-state index is 0.372. The maximum atomic E-state index is 5.73. The predicted octanol–water partition coefficient (Wildman–Crippen LogP) is 2.75. The topological polar surface area (TPSA) is 35.0 Å². The Kier molecular flexibility index (Phi) is 3.54. The molecule has 0 aliphatic heterocycles. The smallest absolute Gasteiger partial charge is 0.233 e. The first-order valence-corrected chi connectivity index (χ1v) is 5.87. The number of aryl methyl sites for hydroxylation is 1. The minimum absolute atomic E-state index is 0.372. The van der Waals surface area contributed by atoms with Crippen molar-refractivity contribution in [1.82, 2.24) is 10.2 Å². The minimum Gasteiger partial charge on any atom is -0.473 e. The molecule has 1 heterocycles. The highest BCUT2D eigenvalue weighted by molar-refractivity contribution is 5.12. The van der Waals surface area contributed by atoms with E-state index in [0.717, 1.165) is 18.5 Å². The van der Waals surface area contributed by atoms with Gasteiger partial charge in [-0.05, 0) is 38.2 Å². The molecule has 82 valence electrons. The number of ether oxygens (including phenoxy) is 1. The molecule has 15 heavy (non-hydrogen) atoms. The molecule has 0 unspecified atom stereocenters. The Hall–Kier alpha value is -1.12. The molecule has 3 nitrogen and oxygen atoms in total. The fourth-order valence-electron chi connectivity index (χ4n) is 1.98. The summed E-state index contributed by atoms with van der Waals surface area (Å²) in [6.45, 7) is 2.14. The SMILES string of the molecule is CCCc1ccc(OC2CCCC2)nn1. The van der Waals surface area contributed by atoms with Crippen LogP contribution in [0.15, 0.2) is 12.1 Å². The van der Waals surface area contributed by atoms with Gasteiger partial charge in [-0.3, -0.25) is 0 Å². The second kappa shape index (κ2) is 5.10. The van der Waals surface area contributed by atoms with Crippen LogP contribution in [0, 0.1) is 0 Å². The second-order valence-electron chi connectivity index (χ2n) is 4.14. The number of nitrogens with zero attached hydrogens (tertiary/aromatic N) is 2. The molecule has 0 saturated heterocycles. The maximum Gasteiger partial charge on any atom is 0.233 e. The van der Waals surface area contributed by atoms with E-state index in [1.807, 2.05) is 12.1 Å². The van der Waals surface area contributed by atoms with Gasteiger partial charge in [-0.2, -0.15) is 5.10 Å². The van der Waals surface area contributed by atoms with Crippen molar-refractivity contribution >= 4 is 0 Å². The molecule has 2 rings (SSSR count). The van der Waals surface area contributed by atoms with Crippen molar-refractivity contribution < 1.29 is 4.74 Å². The van der Waals surface area contributed by atoms with Crippen LogP contribution in [-0.2, 0) is 6.42 Å². The summed E-state index contributed by atoms with van der Waals surface area (Å²) < 4.78 is 5.73. The molecule has 1 aliphatic rings. The van der Waals surface area contributed by atoms with Gasteiger partial charge in [0.25, 0.3) is 0 Å². The quantitative estimate of drug-likeness (QED) is 0.759. The van der Waals surface area contributed by atoms with Gasteiger partial charge < -0.3 is 4.74 Å². The summed E-state index contributed by atoms with van der Waals surface area (Å²) in [6.07, 6.45) is 7.37. The molecule has 1 fully saturated rings. The van der Waals surface area contributed by atoms with Crippen molar-refractivity contribution in [2.24, 2.45) is 0 Å². The van der Waals surface area contributed by atoms with E-state index < -0.39 is 0 Å². The lowest BCUT2D eigenvalue weighted by Gasteiger charge is -2.11. The van der Waals surface area contributed by atoms with Gasteiger partial charge in [0.1, 0.15) is 6.10 Å². The summed E-state index contributed by atoms with van der Waals surface area (Å²) in [4.78, 5) is 0. The number of hydrogen-bond donors (Lipinski definition) is 0. The highest BCUT2D eigenvalue weighted by Gasteiger charge is 2.16. The summed E-state index contributed by atoms with van der Waals surface area (Å²) in [5, 5.41) is 8.22. The second-order valence-corrected chi connectivity index (χ2v) is 4.14. The van der Waals surface area contributed by atoms with E-state index in [2.05, 4.69) is 17.1 Å². The fraction of sp³-hybridized carbons (Fsp3) is 0.667. The van der Waals surface area contributed by atoms with Gasteiger partial charge >= 0.3 is 0 Å². The maximum absolute atomic E-state index is 5.73. The van der Waals surface area contributed by atoms with E-state index in [1.54, 1.807) is 0 Å². The Labute approximate surface area is 90.9 Å². The van der Waals surface area contributed by atoms with Gasteiger partial charge in [-0.1, -0.05) is 13.3 Å². The number of aromatic nitrogens is 2. The molecule has 0 radical (unpaired) electrons. The zero-order chi connectivity index (χ0) is 10.5. The zero-order valence-corrected chi connectivity index (χ0v) is 9.28. The molecule has 0 N–H and O–H groups in total. The van der Waals surface area contributed by atoms with Crippen LogP contribution in [0.5, 0.6) is 5.88 Å². The molecule has 0 atom stereocenters. The van der Waals surface area contributed by atoms with Crippen LogP contribution >= 0.6 is 0 Å². The molecule has 1 aromatic heterocycles. The lowest BCUT2D eigenvalue weighted by atomic mass is 10.2. The first-order chi connectivity index (χ1) is 7.38. The van der Waals surface area contributed by atoms with Crippen molar-refractivity contribution in [3.63, 3.8) is 0 Å². The molecule has 0 amide bonds. The molecule has 0 spiro atoms. The summed E-state index contributed by atoms with van der Waals surface area (Å²) >= 11 is 0. The van der Waals surface area contributed by atoms with Crippen LogP contribution < -0.4 is 4.74 Å². The first-order valence-electron chi connectivity index (χ1n) is 5.87. The van der Waals surface area contributed by atoms with Gasteiger partial charge in [-0.25, -0.2) is 0 Å². The van der Waals surface area contributed by atoms with Gasteiger partial charge in [0.05, 0.1) is 5.69 Å². The molecule has 1 aliphatic carbocycles. The molecule has 3 heteroatoms. The van der Waals surface area contributed by atoms with E-state index in [-0.39, 0.29) is 0 Å². The Balaban J connectivity index is 1.91. The number of rotatable bonds is 4. The largest absolute Gasteiger partial charge is 0.473 e. The summed E-state index contributed by atoms with van der Waals surface area (Å²) in [5.41, 5.74) is 1.05. The van der Waals surface area contributed by atoms with Crippen molar-refractivity contribution in [2.45, 2.75) is 51.6 Å². The van der Waals surface area contributed by atoms with Crippen LogP contribution in [0.2, 0.25) is 0 Å². The number of hydrogen-bond acceptors (Lipinski definition) is 3. The van der Waals surface area contributed by atoms with Crippen molar-refractivity contribution in [3.8, 4) is 5.88 Å². The van der Waals surface area contributed by atoms with E-state index in [0.29, 0.717) is 12.0 Å². The predicted molar refractivity (Wildman–Crippen MR) is 58.9 cm³/mol. The van der Waals surface area contributed by atoms with Crippen LogP contribution in [-0.4, -0.2) is 16.3 Å². The van der Waals surface area contributed by atoms with E-state index in [1.165, 1.54) is 25.7 Å². The Morgan fingerprint density at radius 3 is 2.67 bits per heavy atom. The van der Waals surface area contributed by atoms with Crippen molar-refractivity contribution in [1.29, 1.82) is 0 Å². The third kappa shape index (κ3) is 2.91. The average molecular weight is 206 g/mol. The van der Waals surface area contributed by atoms with Crippen LogP contribution in [0.3, 0.4) is 0 Å². The summed E-state index contributed by atoms with van der Waals surface area (Å²) in [6, 6.07) is 3.96. The lowest BCUT2D eigenvalue weighted by molar-refractivity contribution is 0.199. The van der Waals surface area contributed by atoms with Crippen molar-refractivity contribution in [3.05, 3.63) is 17.8 Å². The third-order valence-electron chi connectivity index (χ3n) is 2.79. The third-order valence-corrected chi connectivity index (χ3v) is 2.79. The zero-order valence-electron chi connectivity index (χ0n) is 9.28. The van der Waals surface area contributed by atoms with Crippen LogP contribution in [0.25, 0.3) is 0 Å². The van der Waals surface area contributed by atoms with Gasteiger partial charge in [0.15, 0.2) is 0 Å². The Morgan fingerprint density at radius 2 is 2.07 bits per heavy atom. The van der Waals surface area contributed by atoms with Crippen molar-refractivity contribution in [2.75, 3.05) is 0 Å². The van der Waals surface area contributed by atoms with Gasteiger partial charge in [0, 0.05) is 6.07 Å². The summed E-state index contributed by atoms with van der Waals surface area (Å²) in [5.74, 6) is 0.682. The highest BCUT2D eigenvalue weighted by Crippen LogP contribution is 2.22. The fourth-order valence-corrected chi connectivity index (χ4v) is 1.98. The lowest BCUT2D eigenvalue weighted by Crippen LogP contribution is -2.12. The monoisotopic (exact) mass is 206 g/mol. The van der Waals surface area contributed by atoms with E-state index in [4.69, 9.17) is 4.74 Å². The Bertz CT molecular complexity index is 291. The standard InChI is InChI=1S/C12H18N2O/c1-2-5-10-8-9-12(14-13-10)15-11-6-3-4-7-11/h8-9,11H,2-7H2,1H3. The molecule has 1 aromatic rings. The van der Waals surface area contributed by atoms with Crippen LogP contribution in [0.1, 0.15) is 44.7 Å². The van der Waals surface area contributed by atoms with E-state index >= 15 is 0 Å². The molecular formula is C12H18N2O. The van der Waals surface area contributed by atoms with Gasteiger partial charge in [0.2, 0.25) is 5.88 Å². The van der Waals surface area contributed by atoms with Gasteiger partial charge in [-0.15, -0.1) is 5.10 Å². The average Bonchev–Trinajstić information content (AvgIpc) is 2.74. The summed E-state index contributed by atoms with van der Waals surface area (Å²) in [7, 11) is 0. The van der Waals surface area contributed by atoms with E-state index in [9.17, 15) is 0 Å². The normalized spacial score (nSPS) is 16.9. The molecular weight excluding hydrogens is 188 g/mol. The first kappa shape index (κ1) is 10.4. The highest BCUT2D eigenvalue weighted by atomic mass is 16.5. The Morgan fingerprint density at radius 1 is 1.27 bits per heavy atom.